The van der Waals surface area contributed by atoms with E-state index in [1.807, 2.05) is 21.1 Å². The number of carboxylic acids is 1. The van der Waals surface area contributed by atoms with Crippen LogP contribution in [-0.2, 0) is 33.3 Å². The second-order valence-corrected chi connectivity index (χ2v) is 18.8. The molecule has 0 saturated carbocycles. The minimum Gasteiger partial charge on any atom is -0.477 e. The summed E-state index contributed by atoms with van der Waals surface area (Å²) in [4.78, 5) is 37.3. The highest BCUT2D eigenvalue weighted by Gasteiger charge is 2.25. The van der Waals surface area contributed by atoms with Gasteiger partial charge in [0.25, 0.3) is 6.29 Å². The van der Waals surface area contributed by atoms with Crippen molar-refractivity contribution in [3.8, 4) is 0 Å². The lowest BCUT2D eigenvalue weighted by molar-refractivity contribution is -0.870. The first-order valence-electron chi connectivity index (χ1n) is 26.9. The number of aliphatic carboxylic acids is 1. The van der Waals surface area contributed by atoms with E-state index in [0.717, 1.165) is 96.3 Å². The molecule has 2 unspecified atom stereocenters. The number of carboxylic acid groups (broad SMARTS) is 1. The van der Waals surface area contributed by atoms with Crippen LogP contribution in [0.25, 0.3) is 0 Å². The van der Waals surface area contributed by atoms with Crippen molar-refractivity contribution in [3.63, 3.8) is 0 Å². The van der Waals surface area contributed by atoms with E-state index in [0.29, 0.717) is 17.4 Å². The number of esters is 2. The van der Waals surface area contributed by atoms with Crippen molar-refractivity contribution in [2.45, 2.75) is 212 Å². The zero-order valence-electron chi connectivity index (χ0n) is 44.0. The van der Waals surface area contributed by atoms with E-state index in [-0.39, 0.29) is 38.6 Å². The van der Waals surface area contributed by atoms with E-state index in [4.69, 9.17) is 18.9 Å². The summed E-state index contributed by atoms with van der Waals surface area (Å²) < 4.78 is 22.8. The van der Waals surface area contributed by atoms with Gasteiger partial charge in [-0.05, 0) is 96.3 Å². The maximum absolute atomic E-state index is 12.8. The first-order chi connectivity index (χ1) is 33.1. The van der Waals surface area contributed by atoms with Crippen LogP contribution in [0.1, 0.15) is 200 Å². The fraction of sp³-hybridized carbons (Fsp3) is 0.678. The molecular weight excluding hydrogens is 851 g/mol. The Morgan fingerprint density at radius 1 is 0.456 bits per heavy atom. The lowest BCUT2D eigenvalue weighted by Gasteiger charge is -2.25. The molecule has 0 aliphatic carbocycles. The van der Waals surface area contributed by atoms with Gasteiger partial charge in [0.15, 0.2) is 6.10 Å². The van der Waals surface area contributed by atoms with Crippen LogP contribution in [0.3, 0.4) is 0 Å². The van der Waals surface area contributed by atoms with Crippen LogP contribution >= 0.6 is 0 Å². The molecule has 0 aromatic heterocycles. The van der Waals surface area contributed by atoms with Crippen molar-refractivity contribution >= 4 is 17.9 Å². The topological polar surface area (TPSA) is 108 Å². The molecule has 0 aromatic carbocycles. The Hall–Kier alpha value is -3.79. The van der Waals surface area contributed by atoms with Crippen LogP contribution in [0.5, 0.6) is 0 Å². The Bertz CT molecular complexity index is 1430. The average Bonchev–Trinajstić information content (AvgIpc) is 3.30. The minimum absolute atomic E-state index is 0.175. The molecule has 0 heterocycles. The molecule has 0 spiro atoms. The summed E-state index contributed by atoms with van der Waals surface area (Å²) in [5.41, 5.74) is 0. The largest absolute Gasteiger partial charge is 0.477 e. The summed E-state index contributed by atoms with van der Waals surface area (Å²) in [6.07, 6.45) is 63.3. The van der Waals surface area contributed by atoms with Crippen molar-refractivity contribution in [1.82, 2.24) is 0 Å². The normalized spacial score (nSPS) is 13.6. The van der Waals surface area contributed by atoms with Gasteiger partial charge in [-0.1, -0.05) is 188 Å². The number of hydrogen-bond donors (Lipinski definition) is 1. The van der Waals surface area contributed by atoms with Gasteiger partial charge < -0.3 is 28.5 Å². The van der Waals surface area contributed by atoms with Crippen LogP contribution in [0.2, 0.25) is 0 Å². The van der Waals surface area contributed by atoms with Crippen molar-refractivity contribution in [2.75, 3.05) is 47.5 Å². The predicted molar refractivity (Wildman–Crippen MR) is 285 cm³/mol. The minimum atomic E-state index is -1.53. The highest BCUT2D eigenvalue weighted by atomic mass is 16.7. The van der Waals surface area contributed by atoms with E-state index >= 15 is 0 Å². The number of rotatable bonds is 48. The molecule has 0 aromatic rings. The number of carbonyl (C=O) groups is 3. The molecule has 2 atom stereocenters. The molecule has 1 N–H and O–H groups in total. The number of unbranched alkanes of at least 4 members (excludes halogenated alkanes) is 17. The second kappa shape index (κ2) is 49.6. The molecule has 0 saturated heterocycles. The zero-order valence-corrected chi connectivity index (χ0v) is 44.0. The summed E-state index contributed by atoms with van der Waals surface area (Å²) in [5.74, 6) is -2.07. The Kier molecular flexibility index (Phi) is 46.9. The van der Waals surface area contributed by atoms with E-state index in [1.165, 1.54) is 70.6 Å². The molecule has 388 valence electrons. The molecular formula is C59H100NO8+. The third-order valence-electron chi connectivity index (χ3n) is 11.1. The van der Waals surface area contributed by atoms with Crippen molar-refractivity contribution in [1.29, 1.82) is 0 Å². The number of carbonyl (C=O) groups excluding carboxylic acids is 2. The van der Waals surface area contributed by atoms with Crippen molar-refractivity contribution in [3.05, 3.63) is 97.2 Å². The number of hydrogen-bond acceptors (Lipinski definition) is 7. The molecule has 0 aliphatic heterocycles. The standard InChI is InChI=1S/C59H99NO8/c1-6-8-10-12-14-16-18-20-22-24-26-27-28-29-30-31-32-34-36-38-40-42-44-46-48-50-57(62)68-55(54-67-59(58(63)64)65-52-51-60(3,4)5)53-66-56(61)49-47-45-43-41-39-37-35-33-25-23-21-19-17-15-13-11-9-7-2/h8,10,14,16,20,22-23,25-27,29-30,32,34,38,40,55,59H,6-7,9,11-13,15,17-19,21,24,28,31,33,35-37,39,41-54H2,1-5H3/p+1/b10-8-,16-14-,22-20-,25-23-,27-26-,30-29-,34-32-,40-38-. The van der Waals surface area contributed by atoms with Crippen LogP contribution in [0.15, 0.2) is 97.2 Å². The van der Waals surface area contributed by atoms with Crippen LogP contribution in [0, 0.1) is 0 Å². The highest BCUT2D eigenvalue weighted by Crippen LogP contribution is 2.13. The summed E-state index contributed by atoms with van der Waals surface area (Å²) in [6, 6.07) is 0. The Labute approximate surface area is 416 Å². The van der Waals surface area contributed by atoms with Gasteiger partial charge in [-0.3, -0.25) is 9.59 Å². The maximum Gasteiger partial charge on any atom is 0.361 e. The Morgan fingerprint density at radius 3 is 1.28 bits per heavy atom. The van der Waals surface area contributed by atoms with Gasteiger partial charge in [0.05, 0.1) is 34.4 Å². The second-order valence-electron chi connectivity index (χ2n) is 18.8. The molecule has 0 bridgehead atoms. The van der Waals surface area contributed by atoms with Gasteiger partial charge in [0, 0.05) is 12.8 Å². The van der Waals surface area contributed by atoms with E-state index in [2.05, 4.69) is 111 Å². The third-order valence-corrected chi connectivity index (χ3v) is 11.1. The smallest absolute Gasteiger partial charge is 0.361 e. The zero-order chi connectivity index (χ0) is 49.9. The van der Waals surface area contributed by atoms with Crippen LogP contribution in [0.4, 0.5) is 0 Å². The quantitative estimate of drug-likeness (QED) is 0.0211. The Balaban J connectivity index is 4.42. The van der Waals surface area contributed by atoms with Gasteiger partial charge in [-0.2, -0.15) is 0 Å². The maximum atomic E-state index is 12.8. The molecule has 0 aliphatic rings. The molecule has 68 heavy (non-hydrogen) atoms. The first-order valence-corrected chi connectivity index (χ1v) is 26.9. The number of quaternary nitrogens is 1. The first kappa shape index (κ1) is 64.2. The number of likely N-dealkylation sites (N-methyl/N-ethyl adjacent to an activating group) is 1. The predicted octanol–water partition coefficient (Wildman–Crippen LogP) is 15.4. The molecule has 0 radical (unpaired) electrons. The third kappa shape index (κ3) is 50.1. The monoisotopic (exact) mass is 951 g/mol. The fourth-order valence-corrected chi connectivity index (χ4v) is 6.93. The van der Waals surface area contributed by atoms with Gasteiger partial charge in [0.1, 0.15) is 13.2 Å². The number of nitrogens with zero attached hydrogens (tertiary/aromatic N) is 1. The molecule has 9 nitrogen and oxygen atoms in total. The average molecular weight is 951 g/mol. The van der Waals surface area contributed by atoms with Gasteiger partial charge >= 0.3 is 17.9 Å². The molecule has 0 amide bonds. The molecule has 9 heteroatoms. The SMILES string of the molecule is CC/C=C\C/C=C\C/C=C\C/C=C\C/C=C\C/C=C\C/C=C\CCCCCC(=O)OC(COC(=O)CCCCCCCCC/C=C\CCCCCCCCC)COC(OCC[N+](C)(C)C)C(=O)O. The lowest BCUT2D eigenvalue weighted by Crippen LogP contribution is -2.40. The van der Waals surface area contributed by atoms with Crippen molar-refractivity contribution in [2.24, 2.45) is 0 Å². The van der Waals surface area contributed by atoms with Crippen molar-refractivity contribution < 1.29 is 42.9 Å². The van der Waals surface area contributed by atoms with Crippen LogP contribution < -0.4 is 0 Å². The van der Waals surface area contributed by atoms with Gasteiger partial charge in [0.2, 0.25) is 0 Å². The van der Waals surface area contributed by atoms with E-state index in [1.54, 1.807) is 0 Å². The molecule has 0 fully saturated rings. The summed E-state index contributed by atoms with van der Waals surface area (Å²) in [7, 11) is 5.94. The van der Waals surface area contributed by atoms with Gasteiger partial charge in [-0.25, -0.2) is 4.79 Å². The fourth-order valence-electron chi connectivity index (χ4n) is 6.93. The summed E-state index contributed by atoms with van der Waals surface area (Å²) in [5, 5.41) is 9.68. The van der Waals surface area contributed by atoms with E-state index < -0.39 is 24.3 Å². The summed E-state index contributed by atoms with van der Waals surface area (Å²) >= 11 is 0. The highest BCUT2D eigenvalue weighted by molar-refractivity contribution is 5.71. The molecule has 0 rings (SSSR count). The summed E-state index contributed by atoms with van der Waals surface area (Å²) in [6.45, 7) is 4.70. The van der Waals surface area contributed by atoms with Crippen LogP contribution in [-0.4, -0.2) is 87.4 Å². The number of allylic oxidation sites excluding steroid dienone is 16. The Morgan fingerprint density at radius 2 is 0.838 bits per heavy atom. The lowest BCUT2D eigenvalue weighted by atomic mass is 10.1. The van der Waals surface area contributed by atoms with Gasteiger partial charge in [-0.15, -0.1) is 0 Å². The number of ether oxygens (including phenoxy) is 4. The van der Waals surface area contributed by atoms with E-state index in [9.17, 15) is 19.5 Å².